The minimum atomic E-state index is -0.105. The van der Waals surface area contributed by atoms with E-state index in [0.29, 0.717) is 4.73 Å². The minimum absolute atomic E-state index is 0.105. The molecule has 0 atom stereocenters. The van der Waals surface area contributed by atoms with Gasteiger partial charge in [0, 0.05) is 11.7 Å². The Balaban J connectivity index is 2.19. The molecule has 2 heterocycles. The van der Waals surface area contributed by atoms with Crippen molar-refractivity contribution in [2.24, 2.45) is 5.73 Å². The quantitative estimate of drug-likeness (QED) is 0.836. The van der Waals surface area contributed by atoms with Crippen molar-refractivity contribution in [1.29, 1.82) is 0 Å². The summed E-state index contributed by atoms with van der Waals surface area (Å²) in [7, 11) is 0. The number of rotatable bonds is 1. The van der Waals surface area contributed by atoms with Crippen molar-refractivity contribution in [3.8, 4) is 0 Å². The van der Waals surface area contributed by atoms with Crippen molar-refractivity contribution in [1.82, 2.24) is 14.6 Å². The van der Waals surface area contributed by atoms with Gasteiger partial charge in [-0.15, -0.1) is 5.10 Å². The summed E-state index contributed by atoms with van der Waals surface area (Å²) in [6.45, 7) is 0. The highest BCUT2D eigenvalue weighted by molar-refractivity contribution is 9.10. The molecule has 2 aromatic heterocycles. The van der Waals surface area contributed by atoms with Gasteiger partial charge in [-0.3, -0.25) is 0 Å². The maximum absolute atomic E-state index is 6.09. The van der Waals surface area contributed by atoms with Gasteiger partial charge in [-0.05, 0) is 40.4 Å². The fraction of sp³-hybridized carbons (Fsp3) is 0.333. The van der Waals surface area contributed by atoms with E-state index in [2.05, 4.69) is 26.0 Å². The first-order chi connectivity index (χ1) is 6.67. The lowest BCUT2D eigenvalue weighted by atomic mass is 10.1. The number of halogens is 1. The van der Waals surface area contributed by atoms with E-state index in [1.165, 1.54) is 0 Å². The molecule has 0 spiro atoms. The van der Waals surface area contributed by atoms with Gasteiger partial charge >= 0.3 is 0 Å². The molecular formula is C9H9BrN4. The molecule has 0 amide bonds. The number of fused-ring (bicyclic) bond motifs is 1. The third-order valence-electron chi connectivity index (χ3n) is 2.67. The molecule has 1 saturated carbocycles. The van der Waals surface area contributed by atoms with E-state index >= 15 is 0 Å². The van der Waals surface area contributed by atoms with Crippen LogP contribution < -0.4 is 5.73 Å². The van der Waals surface area contributed by atoms with Crippen molar-refractivity contribution in [2.75, 3.05) is 0 Å². The molecule has 0 aromatic carbocycles. The number of aromatic nitrogens is 3. The third-order valence-corrected chi connectivity index (χ3v) is 3.00. The summed E-state index contributed by atoms with van der Waals surface area (Å²) in [5.41, 5.74) is 7.97. The predicted molar refractivity (Wildman–Crippen MR) is 55.8 cm³/mol. The molecular weight excluding hydrogens is 244 g/mol. The Morgan fingerprint density at radius 1 is 1.43 bits per heavy atom. The van der Waals surface area contributed by atoms with Gasteiger partial charge in [0.25, 0.3) is 0 Å². The standard InChI is InChI=1S/C9H9BrN4/c10-8-12-7-2-1-6(5-14(7)13-8)9(11)3-4-9/h1-2,5H,3-4,11H2. The largest absolute Gasteiger partial charge is 0.321 e. The Hall–Kier alpha value is -0.940. The van der Waals surface area contributed by atoms with E-state index in [-0.39, 0.29) is 5.54 Å². The molecule has 0 radical (unpaired) electrons. The summed E-state index contributed by atoms with van der Waals surface area (Å²) in [5, 5.41) is 4.18. The Kier molecular flexibility index (Phi) is 1.52. The van der Waals surface area contributed by atoms with E-state index in [1.54, 1.807) is 4.52 Å². The maximum Gasteiger partial charge on any atom is 0.218 e. The number of hydrogen-bond donors (Lipinski definition) is 1. The van der Waals surface area contributed by atoms with Crippen LogP contribution in [0.15, 0.2) is 23.1 Å². The Labute approximate surface area is 89.3 Å². The van der Waals surface area contributed by atoms with Crippen LogP contribution in [0.25, 0.3) is 5.65 Å². The van der Waals surface area contributed by atoms with Gasteiger partial charge in [0.15, 0.2) is 5.65 Å². The van der Waals surface area contributed by atoms with E-state index < -0.39 is 0 Å². The summed E-state index contributed by atoms with van der Waals surface area (Å²) in [6, 6.07) is 3.98. The van der Waals surface area contributed by atoms with Crippen molar-refractivity contribution in [3.63, 3.8) is 0 Å². The number of nitrogens with zero attached hydrogens (tertiary/aromatic N) is 3. The summed E-state index contributed by atoms with van der Waals surface area (Å²) >= 11 is 3.24. The normalized spacial score (nSPS) is 18.7. The van der Waals surface area contributed by atoms with Crippen molar-refractivity contribution in [3.05, 3.63) is 28.6 Å². The van der Waals surface area contributed by atoms with Gasteiger partial charge in [-0.2, -0.15) is 0 Å². The zero-order chi connectivity index (χ0) is 9.76. The van der Waals surface area contributed by atoms with Gasteiger partial charge in [0.2, 0.25) is 4.73 Å². The Morgan fingerprint density at radius 2 is 2.21 bits per heavy atom. The van der Waals surface area contributed by atoms with E-state index in [0.717, 1.165) is 24.1 Å². The SMILES string of the molecule is NC1(c2ccc3nc(Br)nn3c2)CC1. The van der Waals surface area contributed by atoms with E-state index in [4.69, 9.17) is 5.73 Å². The van der Waals surface area contributed by atoms with Gasteiger partial charge in [0.05, 0.1) is 0 Å². The van der Waals surface area contributed by atoms with Gasteiger partial charge < -0.3 is 5.73 Å². The van der Waals surface area contributed by atoms with Crippen molar-refractivity contribution >= 4 is 21.6 Å². The Morgan fingerprint density at radius 3 is 2.93 bits per heavy atom. The molecule has 5 heteroatoms. The van der Waals surface area contributed by atoms with Crippen molar-refractivity contribution in [2.45, 2.75) is 18.4 Å². The second-order valence-corrected chi connectivity index (χ2v) is 4.47. The topological polar surface area (TPSA) is 56.2 Å². The lowest BCUT2D eigenvalue weighted by molar-refractivity contribution is 0.726. The molecule has 0 saturated heterocycles. The highest BCUT2D eigenvalue weighted by Crippen LogP contribution is 2.42. The monoisotopic (exact) mass is 252 g/mol. The second-order valence-electron chi connectivity index (χ2n) is 3.76. The van der Waals surface area contributed by atoms with Gasteiger partial charge in [-0.25, -0.2) is 9.50 Å². The van der Waals surface area contributed by atoms with Crippen molar-refractivity contribution < 1.29 is 0 Å². The van der Waals surface area contributed by atoms with Crippen LogP contribution in [0, 0.1) is 0 Å². The molecule has 4 nitrogen and oxygen atoms in total. The van der Waals surface area contributed by atoms with Crippen LogP contribution in [0.3, 0.4) is 0 Å². The zero-order valence-electron chi connectivity index (χ0n) is 7.44. The molecule has 0 unspecified atom stereocenters. The number of pyridine rings is 1. The molecule has 1 aliphatic rings. The summed E-state index contributed by atoms with van der Waals surface area (Å²) in [5.74, 6) is 0. The van der Waals surface area contributed by atoms with Gasteiger partial charge in [0.1, 0.15) is 0 Å². The first-order valence-electron chi connectivity index (χ1n) is 4.49. The summed E-state index contributed by atoms with van der Waals surface area (Å²) < 4.78 is 2.36. The average Bonchev–Trinajstić information content (AvgIpc) is 2.79. The lowest BCUT2D eigenvalue weighted by Crippen LogP contribution is -2.19. The predicted octanol–water partition coefficient (Wildman–Crippen LogP) is 1.44. The highest BCUT2D eigenvalue weighted by atomic mass is 79.9. The lowest BCUT2D eigenvalue weighted by Gasteiger charge is -2.07. The summed E-state index contributed by atoms with van der Waals surface area (Å²) in [4.78, 5) is 4.18. The van der Waals surface area contributed by atoms with Gasteiger partial charge in [-0.1, -0.05) is 6.07 Å². The fourth-order valence-corrected chi connectivity index (χ4v) is 1.93. The molecule has 0 aliphatic heterocycles. The zero-order valence-corrected chi connectivity index (χ0v) is 9.03. The average molecular weight is 253 g/mol. The first kappa shape index (κ1) is 8.38. The second kappa shape index (κ2) is 2.55. The smallest absolute Gasteiger partial charge is 0.218 e. The highest BCUT2D eigenvalue weighted by Gasteiger charge is 2.40. The van der Waals surface area contributed by atoms with E-state index in [1.807, 2.05) is 18.3 Å². The van der Waals surface area contributed by atoms with Crippen LogP contribution in [0.1, 0.15) is 18.4 Å². The molecule has 2 aromatic rings. The van der Waals surface area contributed by atoms with Crippen LogP contribution in [0.5, 0.6) is 0 Å². The molecule has 0 bridgehead atoms. The van der Waals surface area contributed by atoms with Crippen LogP contribution in [0.4, 0.5) is 0 Å². The van der Waals surface area contributed by atoms with Crippen LogP contribution in [-0.4, -0.2) is 14.6 Å². The summed E-state index contributed by atoms with van der Waals surface area (Å²) in [6.07, 6.45) is 4.09. The first-order valence-corrected chi connectivity index (χ1v) is 5.28. The maximum atomic E-state index is 6.09. The molecule has 2 N–H and O–H groups in total. The fourth-order valence-electron chi connectivity index (χ4n) is 1.57. The molecule has 3 rings (SSSR count). The minimum Gasteiger partial charge on any atom is -0.321 e. The van der Waals surface area contributed by atoms with E-state index in [9.17, 15) is 0 Å². The molecule has 1 fully saturated rings. The van der Waals surface area contributed by atoms with Crippen LogP contribution >= 0.6 is 15.9 Å². The molecule has 72 valence electrons. The number of nitrogens with two attached hydrogens (primary N) is 1. The third kappa shape index (κ3) is 1.16. The molecule has 14 heavy (non-hydrogen) atoms. The number of hydrogen-bond acceptors (Lipinski definition) is 3. The Bertz CT molecular complexity index is 500. The van der Waals surface area contributed by atoms with Crippen LogP contribution in [0.2, 0.25) is 0 Å². The molecule has 1 aliphatic carbocycles. The van der Waals surface area contributed by atoms with Crippen LogP contribution in [-0.2, 0) is 5.54 Å².